The van der Waals surface area contributed by atoms with Gasteiger partial charge in [-0.2, -0.15) is 0 Å². The molecule has 3 aromatic rings. The van der Waals surface area contributed by atoms with Crippen LogP contribution in [0.2, 0.25) is 0 Å². The second kappa shape index (κ2) is 8.10. The molecule has 1 fully saturated rings. The van der Waals surface area contributed by atoms with E-state index in [4.69, 9.17) is 0 Å². The van der Waals surface area contributed by atoms with E-state index in [0.717, 1.165) is 16.8 Å². The van der Waals surface area contributed by atoms with E-state index >= 15 is 0 Å². The van der Waals surface area contributed by atoms with E-state index in [1.807, 2.05) is 49.4 Å². The van der Waals surface area contributed by atoms with E-state index < -0.39 is 0 Å². The average molecular weight is 399 g/mol. The number of likely N-dealkylation sites (N-methyl/N-ethyl adjacent to an activating group) is 1. The van der Waals surface area contributed by atoms with Crippen molar-refractivity contribution >= 4 is 34.6 Å². The normalized spacial score (nSPS) is 16.8. The van der Waals surface area contributed by atoms with Crippen molar-refractivity contribution in [3.63, 3.8) is 0 Å². The molecule has 4 rings (SSSR count). The highest BCUT2D eigenvalue weighted by atomic mass is 32.2. The van der Waals surface area contributed by atoms with E-state index in [-0.39, 0.29) is 5.91 Å². The summed E-state index contributed by atoms with van der Waals surface area (Å²) in [5.41, 5.74) is 6.58. The first-order valence-electron chi connectivity index (χ1n) is 9.50. The number of hydrogen-bond donors (Lipinski definition) is 0. The Bertz CT molecular complexity index is 1110. The molecule has 0 aliphatic carbocycles. The molecule has 0 atom stereocenters. The number of rotatable bonds is 3. The maximum atomic E-state index is 12.7. The number of aliphatic imine (C=N–C) groups is 1. The van der Waals surface area contributed by atoms with Crippen LogP contribution in [-0.2, 0) is 4.79 Å². The number of hydrogen-bond acceptors (Lipinski definition) is 3. The predicted molar refractivity (Wildman–Crippen MR) is 123 cm³/mol. The summed E-state index contributed by atoms with van der Waals surface area (Å²) in [6.07, 6.45) is 1.94. The van der Waals surface area contributed by atoms with Crippen LogP contribution in [0.3, 0.4) is 0 Å². The van der Waals surface area contributed by atoms with Gasteiger partial charge in [0.15, 0.2) is 5.17 Å². The van der Waals surface area contributed by atoms with Gasteiger partial charge in [0, 0.05) is 7.05 Å². The van der Waals surface area contributed by atoms with Crippen LogP contribution in [0.1, 0.15) is 16.7 Å². The first-order chi connectivity index (χ1) is 14.0. The Kier molecular flexibility index (Phi) is 5.36. The Labute approximate surface area is 175 Å². The van der Waals surface area contributed by atoms with Crippen molar-refractivity contribution < 1.29 is 4.79 Å². The summed E-state index contributed by atoms with van der Waals surface area (Å²) in [4.78, 5) is 19.6. The fourth-order valence-electron chi connectivity index (χ4n) is 3.09. The van der Waals surface area contributed by atoms with Gasteiger partial charge in [-0.05, 0) is 66.6 Å². The minimum atomic E-state index is -0.0263. The maximum absolute atomic E-state index is 12.7. The lowest BCUT2D eigenvalue weighted by Gasteiger charge is -2.07. The number of amides is 1. The largest absolute Gasteiger partial charge is 0.290 e. The molecule has 0 spiro atoms. The van der Waals surface area contributed by atoms with Crippen molar-refractivity contribution in [2.45, 2.75) is 13.8 Å². The Morgan fingerprint density at radius 3 is 2.21 bits per heavy atom. The third-order valence-electron chi connectivity index (χ3n) is 4.83. The molecule has 144 valence electrons. The summed E-state index contributed by atoms with van der Waals surface area (Å²) in [6, 6.07) is 24.7. The van der Waals surface area contributed by atoms with Gasteiger partial charge in [0.05, 0.1) is 10.6 Å². The van der Waals surface area contributed by atoms with E-state index in [1.165, 1.54) is 28.5 Å². The van der Waals surface area contributed by atoms with Gasteiger partial charge in [0.1, 0.15) is 0 Å². The van der Waals surface area contributed by atoms with Crippen LogP contribution in [0.4, 0.5) is 5.69 Å². The molecule has 4 heteroatoms. The molecule has 1 saturated heterocycles. The summed E-state index contributed by atoms with van der Waals surface area (Å²) in [5.74, 6) is -0.0263. The monoisotopic (exact) mass is 398 g/mol. The minimum absolute atomic E-state index is 0.0263. The van der Waals surface area contributed by atoms with Crippen LogP contribution in [0.25, 0.3) is 17.2 Å². The van der Waals surface area contributed by atoms with Gasteiger partial charge >= 0.3 is 0 Å². The van der Waals surface area contributed by atoms with Crippen molar-refractivity contribution in [1.29, 1.82) is 0 Å². The van der Waals surface area contributed by atoms with E-state index in [9.17, 15) is 4.79 Å². The minimum Gasteiger partial charge on any atom is -0.290 e. The number of carbonyl (C=O) groups excluding carboxylic acids is 1. The predicted octanol–water partition coefficient (Wildman–Crippen LogP) is 6.20. The van der Waals surface area contributed by atoms with Crippen LogP contribution in [0.5, 0.6) is 0 Å². The van der Waals surface area contributed by atoms with Crippen LogP contribution in [-0.4, -0.2) is 23.0 Å². The Morgan fingerprint density at radius 1 is 0.862 bits per heavy atom. The molecule has 29 heavy (non-hydrogen) atoms. The third kappa shape index (κ3) is 4.33. The van der Waals surface area contributed by atoms with Gasteiger partial charge < -0.3 is 0 Å². The number of benzene rings is 3. The quantitative estimate of drug-likeness (QED) is 0.492. The SMILES string of the molecule is Cc1ccc(N=C2SC(=Cc3cccc(-c4ccc(C)cc4)c3)C(=O)N2C)cc1. The van der Waals surface area contributed by atoms with E-state index in [0.29, 0.717) is 10.1 Å². The summed E-state index contributed by atoms with van der Waals surface area (Å²) in [6.45, 7) is 4.13. The molecule has 0 unspecified atom stereocenters. The summed E-state index contributed by atoms with van der Waals surface area (Å²) in [7, 11) is 1.77. The van der Waals surface area contributed by atoms with Gasteiger partial charge in [-0.1, -0.05) is 65.7 Å². The van der Waals surface area contributed by atoms with E-state index in [1.54, 1.807) is 11.9 Å². The number of amidine groups is 1. The lowest BCUT2D eigenvalue weighted by atomic mass is 10.0. The molecule has 0 N–H and O–H groups in total. The van der Waals surface area contributed by atoms with Crippen molar-refractivity contribution in [2.24, 2.45) is 4.99 Å². The number of nitrogens with zero attached hydrogens (tertiary/aromatic N) is 2. The van der Waals surface area contributed by atoms with Crippen molar-refractivity contribution in [2.75, 3.05) is 7.05 Å². The second-order valence-corrected chi connectivity index (χ2v) is 8.21. The zero-order chi connectivity index (χ0) is 20.4. The van der Waals surface area contributed by atoms with Crippen LogP contribution in [0.15, 0.2) is 82.7 Å². The topological polar surface area (TPSA) is 32.7 Å². The fraction of sp³-hybridized carbons (Fsp3) is 0.120. The molecule has 3 aromatic carbocycles. The van der Waals surface area contributed by atoms with Crippen molar-refractivity contribution in [1.82, 2.24) is 4.90 Å². The highest BCUT2D eigenvalue weighted by Crippen LogP contribution is 2.33. The van der Waals surface area contributed by atoms with Gasteiger partial charge in [0.2, 0.25) is 0 Å². The van der Waals surface area contributed by atoms with Gasteiger partial charge in [-0.25, -0.2) is 4.99 Å². The molecule has 0 bridgehead atoms. The maximum Gasteiger partial charge on any atom is 0.266 e. The number of thioether (sulfide) groups is 1. The third-order valence-corrected chi connectivity index (χ3v) is 5.89. The Morgan fingerprint density at radius 2 is 1.52 bits per heavy atom. The molecule has 1 amide bonds. The molecular weight excluding hydrogens is 376 g/mol. The lowest BCUT2D eigenvalue weighted by molar-refractivity contribution is -0.121. The molecule has 0 aromatic heterocycles. The molecule has 0 saturated carbocycles. The number of aryl methyl sites for hydroxylation is 2. The summed E-state index contributed by atoms with van der Waals surface area (Å²) >= 11 is 1.41. The molecule has 3 nitrogen and oxygen atoms in total. The molecule has 1 aliphatic heterocycles. The van der Waals surface area contributed by atoms with Crippen LogP contribution in [0, 0.1) is 13.8 Å². The Hall–Kier alpha value is -3.11. The van der Waals surface area contributed by atoms with Gasteiger partial charge in [0.25, 0.3) is 5.91 Å². The zero-order valence-electron chi connectivity index (χ0n) is 16.7. The van der Waals surface area contributed by atoms with Crippen molar-refractivity contribution in [3.05, 3.63) is 94.4 Å². The van der Waals surface area contributed by atoms with Crippen LogP contribution < -0.4 is 0 Å². The molecule has 1 heterocycles. The first kappa shape index (κ1) is 19.2. The van der Waals surface area contributed by atoms with Gasteiger partial charge in [-0.15, -0.1) is 0 Å². The summed E-state index contributed by atoms with van der Waals surface area (Å²) < 4.78 is 0. The van der Waals surface area contributed by atoms with E-state index in [2.05, 4.69) is 48.3 Å². The summed E-state index contributed by atoms with van der Waals surface area (Å²) in [5, 5.41) is 0.694. The first-order valence-corrected chi connectivity index (χ1v) is 10.3. The lowest BCUT2D eigenvalue weighted by Crippen LogP contribution is -2.23. The fourth-order valence-corrected chi connectivity index (χ4v) is 4.07. The number of carbonyl (C=O) groups is 1. The Balaban J connectivity index is 1.61. The smallest absolute Gasteiger partial charge is 0.266 e. The highest BCUT2D eigenvalue weighted by molar-refractivity contribution is 8.18. The van der Waals surface area contributed by atoms with Gasteiger partial charge in [-0.3, -0.25) is 9.69 Å². The standard InChI is InChI=1S/C25H22N2OS/c1-17-7-11-20(12-8-17)21-6-4-5-19(15-21)16-23-24(28)27(3)25(29-23)26-22-13-9-18(2)10-14-22/h4-16H,1-3H3. The molecular formula is C25H22N2OS. The second-order valence-electron chi connectivity index (χ2n) is 7.20. The molecule has 0 radical (unpaired) electrons. The highest BCUT2D eigenvalue weighted by Gasteiger charge is 2.30. The molecule has 1 aliphatic rings. The zero-order valence-corrected chi connectivity index (χ0v) is 17.5. The van der Waals surface area contributed by atoms with Crippen molar-refractivity contribution in [3.8, 4) is 11.1 Å². The average Bonchev–Trinajstić information content (AvgIpc) is 2.98. The van der Waals surface area contributed by atoms with Crippen LogP contribution >= 0.6 is 11.8 Å².